The van der Waals surface area contributed by atoms with E-state index in [1.54, 1.807) is 12.1 Å². The van der Waals surface area contributed by atoms with Crippen LogP contribution in [0.2, 0.25) is 0 Å². The number of nitrogens with two attached hydrogens (primary N) is 2. The summed E-state index contributed by atoms with van der Waals surface area (Å²) in [7, 11) is 0. The molecule has 0 aliphatic heterocycles. The highest BCUT2D eigenvalue weighted by atomic mass is 16.4. The van der Waals surface area contributed by atoms with Gasteiger partial charge in [-0.05, 0) is 63.4 Å². The monoisotopic (exact) mass is 668 g/mol. The number of aromatic amines is 1. The van der Waals surface area contributed by atoms with Crippen LogP contribution < -0.4 is 33.0 Å². The van der Waals surface area contributed by atoms with E-state index >= 15 is 0 Å². The van der Waals surface area contributed by atoms with Gasteiger partial charge in [0.15, 0.2) is 11.2 Å². The number of nitrogen functional groups attached to an aromatic ring is 1. The topological polar surface area (TPSA) is 306 Å². The van der Waals surface area contributed by atoms with Gasteiger partial charge in [0, 0.05) is 17.7 Å². The lowest BCUT2D eigenvalue weighted by Crippen LogP contribution is -2.52. The zero-order chi connectivity index (χ0) is 35.4. The van der Waals surface area contributed by atoms with Gasteiger partial charge in [-0.15, -0.1) is 0 Å². The molecule has 0 saturated carbocycles. The third-order valence-electron chi connectivity index (χ3n) is 7.12. The van der Waals surface area contributed by atoms with E-state index in [0.29, 0.717) is 35.7 Å². The van der Waals surface area contributed by atoms with E-state index in [4.69, 9.17) is 11.5 Å². The van der Waals surface area contributed by atoms with Crippen LogP contribution >= 0.6 is 0 Å². The van der Waals surface area contributed by atoms with Crippen molar-refractivity contribution >= 4 is 58.9 Å². The maximum absolute atomic E-state index is 12.8. The molecular formula is C29H36N10O9. The number of carboxylic acid groups (broad SMARTS) is 2. The number of carbonyl (C=O) groups excluding carboxylic acids is 4. The number of H-pyrrole nitrogens is 1. The molecule has 4 amide bonds. The molecule has 0 fully saturated rings. The van der Waals surface area contributed by atoms with E-state index in [1.165, 1.54) is 25.3 Å². The van der Waals surface area contributed by atoms with Crippen LogP contribution in [0.5, 0.6) is 0 Å². The molecule has 0 spiro atoms. The fourth-order valence-electron chi connectivity index (χ4n) is 4.42. The first-order chi connectivity index (χ1) is 22.8. The molecule has 2 aromatic heterocycles. The maximum atomic E-state index is 12.8. The number of rotatable bonds is 18. The molecule has 0 unspecified atom stereocenters. The first-order valence-electron chi connectivity index (χ1n) is 14.7. The second kappa shape index (κ2) is 17.1. The predicted octanol–water partition coefficient (Wildman–Crippen LogP) is -1.06. The number of anilines is 2. The van der Waals surface area contributed by atoms with E-state index in [-0.39, 0.29) is 42.1 Å². The lowest BCUT2D eigenvalue weighted by molar-refractivity contribution is -0.147. The Labute approximate surface area is 272 Å². The van der Waals surface area contributed by atoms with Gasteiger partial charge in [0.2, 0.25) is 24.2 Å². The molecule has 3 aromatic rings. The molecule has 0 saturated heterocycles. The van der Waals surface area contributed by atoms with Crippen LogP contribution in [0.3, 0.4) is 0 Å². The molecule has 10 N–H and O–H groups in total. The molecule has 0 bridgehead atoms. The van der Waals surface area contributed by atoms with Crippen LogP contribution in [-0.4, -0.2) is 95.8 Å². The number of nitrogens with zero attached hydrogens (tertiary/aromatic N) is 4. The summed E-state index contributed by atoms with van der Waals surface area (Å²) in [5, 5.41) is 26.7. The quantitative estimate of drug-likeness (QED) is 0.0592. The van der Waals surface area contributed by atoms with Crippen LogP contribution in [0.1, 0.15) is 55.1 Å². The number of benzene rings is 1. The molecule has 1 aromatic carbocycles. The predicted molar refractivity (Wildman–Crippen MR) is 169 cm³/mol. The first kappa shape index (κ1) is 36.5. The average molecular weight is 669 g/mol. The Bertz CT molecular complexity index is 1710. The normalized spacial score (nSPS) is 12.7. The van der Waals surface area contributed by atoms with Gasteiger partial charge in [0.25, 0.3) is 11.5 Å². The Morgan fingerprint density at radius 1 is 1.00 bits per heavy atom. The number of hydrogen-bond acceptors (Lipinski definition) is 13. The fraction of sp³-hybridized carbons (Fsp3) is 0.379. The molecule has 19 heteroatoms. The van der Waals surface area contributed by atoms with Crippen LogP contribution in [0, 0.1) is 0 Å². The second-order valence-corrected chi connectivity index (χ2v) is 10.6. The van der Waals surface area contributed by atoms with Crippen LogP contribution in [0.15, 0.2) is 35.3 Å². The lowest BCUT2D eigenvalue weighted by atomic mass is 10.1. The molecule has 19 nitrogen and oxygen atoms in total. The summed E-state index contributed by atoms with van der Waals surface area (Å²) in [5.74, 6) is -5.35. The van der Waals surface area contributed by atoms with Gasteiger partial charge in [-0.3, -0.25) is 33.9 Å². The van der Waals surface area contributed by atoms with Gasteiger partial charge < -0.3 is 37.6 Å². The van der Waals surface area contributed by atoms with Crippen LogP contribution in [0.25, 0.3) is 11.2 Å². The zero-order valence-electron chi connectivity index (χ0n) is 25.8. The van der Waals surface area contributed by atoms with Crippen molar-refractivity contribution in [2.45, 2.75) is 63.7 Å². The minimum atomic E-state index is -1.52. The summed E-state index contributed by atoms with van der Waals surface area (Å²) < 4.78 is 0. The molecule has 3 atom stereocenters. The number of aromatic nitrogens is 4. The Morgan fingerprint density at radius 2 is 1.67 bits per heavy atom. The minimum absolute atomic E-state index is 0.0164. The summed E-state index contributed by atoms with van der Waals surface area (Å²) in [6, 6.07) is 1.81. The lowest BCUT2D eigenvalue weighted by Gasteiger charge is -2.25. The number of imide groups is 1. The van der Waals surface area contributed by atoms with Crippen molar-refractivity contribution in [3.8, 4) is 0 Å². The van der Waals surface area contributed by atoms with Crippen molar-refractivity contribution in [1.29, 1.82) is 0 Å². The van der Waals surface area contributed by atoms with E-state index < -0.39 is 66.2 Å². The smallest absolute Gasteiger partial charge is 0.326 e. The highest BCUT2D eigenvalue weighted by Gasteiger charge is 2.30. The molecule has 48 heavy (non-hydrogen) atoms. The highest BCUT2D eigenvalue weighted by molar-refractivity contribution is 5.97. The van der Waals surface area contributed by atoms with Gasteiger partial charge in [0.05, 0.1) is 18.4 Å². The van der Waals surface area contributed by atoms with E-state index in [1.807, 2.05) is 0 Å². The Hall–Kier alpha value is -5.98. The van der Waals surface area contributed by atoms with E-state index in [0.717, 1.165) is 0 Å². The molecule has 256 valence electrons. The number of carboxylic acids is 2. The summed E-state index contributed by atoms with van der Waals surface area (Å²) in [6.45, 7) is 1.73. The van der Waals surface area contributed by atoms with Crippen molar-refractivity contribution < 1.29 is 39.0 Å². The van der Waals surface area contributed by atoms with Crippen molar-refractivity contribution in [2.24, 2.45) is 5.73 Å². The molecule has 0 radical (unpaired) electrons. The minimum Gasteiger partial charge on any atom is -0.480 e. The Morgan fingerprint density at radius 3 is 2.29 bits per heavy atom. The third-order valence-corrected chi connectivity index (χ3v) is 7.12. The van der Waals surface area contributed by atoms with Gasteiger partial charge in [0.1, 0.15) is 18.1 Å². The largest absolute Gasteiger partial charge is 0.480 e. The first-order valence-corrected chi connectivity index (χ1v) is 14.7. The SMILES string of the molecule is C[C@@H](C(=O)N[C@@H](CCCCN)C(=O)O)N(C=O)C(=O)CC[C@H](NC(=O)c1ccc(NCc2cnc3nc(N)[nH]c(=O)c3n2)cc1)C(=O)O. The van der Waals surface area contributed by atoms with Crippen LogP contribution in [0.4, 0.5) is 11.6 Å². The van der Waals surface area contributed by atoms with E-state index in [2.05, 4.69) is 35.9 Å². The summed E-state index contributed by atoms with van der Waals surface area (Å²) in [4.78, 5) is 100. The number of carbonyl (C=O) groups is 6. The number of hydrogen-bond donors (Lipinski definition) is 8. The highest BCUT2D eigenvalue weighted by Crippen LogP contribution is 2.13. The summed E-state index contributed by atoms with van der Waals surface area (Å²) >= 11 is 0. The number of aliphatic carboxylic acids is 2. The number of nitrogens with one attached hydrogen (secondary N) is 4. The van der Waals surface area contributed by atoms with Crippen molar-refractivity contribution in [3.05, 3.63) is 52.1 Å². The van der Waals surface area contributed by atoms with Crippen molar-refractivity contribution in [2.75, 3.05) is 17.6 Å². The van der Waals surface area contributed by atoms with Gasteiger partial charge in [-0.1, -0.05) is 0 Å². The van der Waals surface area contributed by atoms with Crippen molar-refractivity contribution in [1.82, 2.24) is 35.5 Å². The molecule has 3 rings (SSSR count). The van der Waals surface area contributed by atoms with E-state index in [9.17, 15) is 43.8 Å². The van der Waals surface area contributed by atoms with Crippen molar-refractivity contribution in [3.63, 3.8) is 0 Å². The van der Waals surface area contributed by atoms with Gasteiger partial charge in [-0.25, -0.2) is 19.6 Å². The number of amides is 4. The molecule has 2 heterocycles. The maximum Gasteiger partial charge on any atom is 0.326 e. The number of fused-ring (bicyclic) bond motifs is 1. The number of unbranched alkanes of at least 4 members (excludes halogenated alkanes) is 1. The molecular weight excluding hydrogens is 632 g/mol. The Kier molecular flexibility index (Phi) is 13.0. The standard InChI is InChI=1S/C29H36N10O9/c1-15(24(42)35-19(27(45)46)4-2-3-11-30)39(14-40)21(41)10-9-20(28(47)48)36-25(43)16-5-7-17(8-6-16)32-12-18-13-33-23-22(34-18)26(44)38-29(31)37-23/h5-8,13-15,19-20,32H,2-4,9-12,30H2,1H3,(H,35,42)(H,36,43)(H,45,46)(H,47,48)(H3,31,33,37,38,44)/t15-,19-,20-/m0/s1. The van der Waals surface area contributed by atoms with Gasteiger partial charge >= 0.3 is 11.9 Å². The summed E-state index contributed by atoms with van der Waals surface area (Å²) in [5.41, 5.74) is 11.6. The second-order valence-electron chi connectivity index (χ2n) is 10.6. The average Bonchev–Trinajstić information content (AvgIpc) is 3.05. The molecule has 0 aliphatic rings. The molecule has 0 aliphatic carbocycles. The van der Waals surface area contributed by atoms with Gasteiger partial charge in [-0.2, -0.15) is 4.98 Å². The fourth-order valence-corrected chi connectivity index (χ4v) is 4.42. The Balaban J connectivity index is 1.55. The van der Waals surface area contributed by atoms with Crippen LogP contribution in [-0.2, 0) is 30.5 Å². The third kappa shape index (κ3) is 10.0. The zero-order valence-corrected chi connectivity index (χ0v) is 25.8. The summed E-state index contributed by atoms with van der Waals surface area (Å²) in [6.07, 6.45) is 1.65.